The smallest absolute Gasteiger partial charge is 0.175 e. The predicted octanol–water partition coefficient (Wildman–Crippen LogP) is 5.90. The Balaban J connectivity index is 1.54. The fourth-order valence-corrected chi connectivity index (χ4v) is 5.28. The highest BCUT2D eigenvalue weighted by atomic mass is 32.2. The number of benzene rings is 2. The van der Waals surface area contributed by atoms with Crippen LogP contribution in [-0.2, 0) is 9.84 Å². The van der Waals surface area contributed by atoms with Crippen LogP contribution in [0.3, 0.4) is 0 Å². The molecular formula is C23H19N3O2S2. The topological polar surface area (TPSA) is 74.8 Å². The lowest BCUT2D eigenvalue weighted by Crippen LogP contribution is -1.95. The van der Waals surface area contributed by atoms with Gasteiger partial charge in [0.2, 0.25) is 0 Å². The number of aromatic nitrogens is 2. The van der Waals surface area contributed by atoms with E-state index in [1.165, 1.54) is 17.2 Å². The van der Waals surface area contributed by atoms with Gasteiger partial charge in [0, 0.05) is 45.5 Å². The summed E-state index contributed by atoms with van der Waals surface area (Å²) in [5.41, 5.74) is 5.33. The highest BCUT2D eigenvalue weighted by Gasteiger charge is 2.12. The Hall–Kier alpha value is -3.16. The summed E-state index contributed by atoms with van der Waals surface area (Å²) in [5, 5.41) is 5.80. The van der Waals surface area contributed by atoms with Crippen LogP contribution in [0.5, 0.6) is 0 Å². The van der Waals surface area contributed by atoms with Gasteiger partial charge in [-0.25, -0.2) is 13.4 Å². The number of pyridine rings is 1. The molecule has 0 spiro atoms. The number of nitrogens with one attached hydrogen (secondary N) is 2. The van der Waals surface area contributed by atoms with E-state index in [0.717, 1.165) is 37.5 Å². The quantitative estimate of drug-likeness (QED) is 0.370. The van der Waals surface area contributed by atoms with Crippen molar-refractivity contribution in [2.24, 2.45) is 0 Å². The van der Waals surface area contributed by atoms with Crippen LogP contribution in [0.1, 0.15) is 5.56 Å². The van der Waals surface area contributed by atoms with Crippen LogP contribution in [0.2, 0.25) is 0 Å². The molecular weight excluding hydrogens is 414 g/mol. The summed E-state index contributed by atoms with van der Waals surface area (Å²) in [7, 11) is -3.20. The molecule has 30 heavy (non-hydrogen) atoms. The van der Waals surface area contributed by atoms with Gasteiger partial charge in [-0.15, -0.1) is 11.3 Å². The van der Waals surface area contributed by atoms with Crippen molar-refractivity contribution in [3.8, 4) is 10.4 Å². The Kier molecular flexibility index (Phi) is 4.38. The Morgan fingerprint density at radius 3 is 2.53 bits per heavy atom. The van der Waals surface area contributed by atoms with Gasteiger partial charge in [-0.05, 0) is 60.5 Å². The molecule has 0 saturated heterocycles. The standard InChI is InChI=1S/C23H19N3O2S2/c1-14-17-9-11-24-20(17)8-7-19(14)26-21-10-12-25-23-18(21)13-22(29-23)15-3-5-16(6-4-15)30(2,27)28/h3-13,24H,1-2H3,(H,25,26). The maximum absolute atomic E-state index is 11.7. The number of aromatic amines is 1. The highest BCUT2D eigenvalue weighted by molar-refractivity contribution is 7.90. The van der Waals surface area contributed by atoms with Crippen LogP contribution in [0.15, 0.2) is 71.9 Å². The molecule has 0 aliphatic rings. The van der Waals surface area contributed by atoms with Gasteiger partial charge in [0.25, 0.3) is 0 Å². The molecule has 0 aliphatic carbocycles. The molecule has 0 bridgehead atoms. The van der Waals surface area contributed by atoms with Crippen molar-refractivity contribution in [1.29, 1.82) is 0 Å². The SMILES string of the molecule is Cc1c(Nc2ccnc3sc(-c4ccc(S(C)(=O)=O)cc4)cc23)ccc2[nH]ccc12. The molecule has 0 radical (unpaired) electrons. The van der Waals surface area contributed by atoms with E-state index in [4.69, 9.17) is 0 Å². The van der Waals surface area contributed by atoms with E-state index in [0.29, 0.717) is 4.90 Å². The third-order valence-corrected chi connectivity index (χ3v) is 7.50. The van der Waals surface area contributed by atoms with E-state index in [1.807, 2.05) is 30.6 Å². The molecule has 5 rings (SSSR count). The molecule has 0 fully saturated rings. The normalized spacial score (nSPS) is 11.9. The van der Waals surface area contributed by atoms with Crippen molar-refractivity contribution in [2.75, 3.05) is 11.6 Å². The molecule has 0 saturated carbocycles. The molecule has 0 amide bonds. The number of hydrogen-bond donors (Lipinski definition) is 2. The second-order valence-corrected chi connectivity index (χ2v) is 10.3. The molecule has 3 heterocycles. The average Bonchev–Trinajstić information content (AvgIpc) is 3.37. The van der Waals surface area contributed by atoms with Crippen molar-refractivity contribution < 1.29 is 8.42 Å². The lowest BCUT2D eigenvalue weighted by molar-refractivity contribution is 0.602. The first-order valence-corrected chi connectivity index (χ1v) is 12.1. The van der Waals surface area contributed by atoms with E-state index in [9.17, 15) is 8.42 Å². The van der Waals surface area contributed by atoms with Crippen LogP contribution in [0.25, 0.3) is 31.6 Å². The number of anilines is 2. The Morgan fingerprint density at radius 1 is 0.967 bits per heavy atom. The second-order valence-electron chi connectivity index (χ2n) is 7.29. The van der Waals surface area contributed by atoms with E-state index >= 15 is 0 Å². The van der Waals surface area contributed by atoms with Crippen molar-refractivity contribution >= 4 is 53.7 Å². The number of aryl methyl sites for hydroxylation is 1. The zero-order chi connectivity index (χ0) is 20.9. The number of nitrogens with zero attached hydrogens (tertiary/aromatic N) is 1. The predicted molar refractivity (Wildman–Crippen MR) is 124 cm³/mol. The lowest BCUT2D eigenvalue weighted by Gasteiger charge is -2.11. The number of thiophene rings is 1. The van der Waals surface area contributed by atoms with Gasteiger partial charge in [-0.2, -0.15) is 0 Å². The number of sulfone groups is 1. The van der Waals surface area contributed by atoms with Crippen LogP contribution >= 0.6 is 11.3 Å². The minimum Gasteiger partial charge on any atom is -0.361 e. The Labute approximate surface area is 178 Å². The molecule has 0 atom stereocenters. The second kappa shape index (κ2) is 6.97. The first-order chi connectivity index (χ1) is 14.4. The maximum atomic E-state index is 11.7. The largest absolute Gasteiger partial charge is 0.361 e. The minimum absolute atomic E-state index is 0.323. The van der Waals surface area contributed by atoms with Crippen molar-refractivity contribution in [3.05, 3.63) is 72.6 Å². The first-order valence-electron chi connectivity index (χ1n) is 9.43. The molecule has 5 aromatic rings. The third kappa shape index (κ3) is 3.26. The fourth-order valence-electron chi connectivity index (χ4n) is 3.62. The highest BCUT2D eigenvalue weighted by Crippen LogP contribution is 2.38. The summed E-state index contributed by atoms with van der Waals surface area (Å²) in [5.74, 6) is 0. The van der Waals surface area contributed by atoms with Gasteiger partial charge < -0.3 is 10.3 Å². The summed E-state index contributed by atoms with van der Waals surface area (Å²) in [6.07, 6.45) is 4.98. The molecule has 0 aliphatic heterocycles. The summed E-state index contributed by atoms with van der Waals surface area (Å²) < 4.78 is 23.4. The zero-order valence-corrected chi connectivity index (χ0v) is 18.1. The van der Waals surface area contributed by atoms with Crippen molar-refractivity contribution in [1.82, 2.24) is 9.97 Å². The van der Waals surface area contributed by atoms with Crippen LogP contribution in [-0.4, -0.2) is 24.6 Å². The fraction of sp³-hybridized carbons (Fsp3) is 0.0870. The van der Waals surface area contributed by atoms with Gasteiger partial charge in [0.15, 0.2) is 9.84 Å². The van der Waals surface area contributed by atoms with E-state index < -0.39 is 9.84 Å². The van der Waals surface area contributed by atoms with Gasteiger partial charge in [-0.1, -0.05) is 12.1 Å². The van der Waals surface area contributed by atoms with Crippen LogP contribution in [0.4, 0.5) is 11.4 Å². The van der Waals surface area contributed by atoms with Gasteiger partial charge >= 0.3 is 0 Å². The van der Waals surface area contributed by atoms with E-state index in [-0.39, 0.29) is 0 Å². The summed E-state index contributed by atoms with van der Waals surface area (Å²) in [4.78, 5) is 10.1. The third-order valence-electron chi connectivity index (χ3n) is 5.28. The van der Waals surface area contributed by atoms with E-state index in [1.54, 1.807) is 23.5 Å². The summed E-state index contributed by atoms with van der Waals surface area (Å²) >= 11 is 1.59. The summed E-state index contributed by atoms with van der Waals surface area (Å²) in [6.45, 7) is 2.11. The summed E-state index contributed by atoms with van der Waals surface area (Å²) in [6, 6.07) is 17.3. The zero-order valence-electron chi connectivity index (χ0n) is 16.4. The minimum atomic E-state index is -3.20. The molecule has 0 unspecified atom stereocenters. The van der Waals surface area contributed by atoms with Gasteiger partial charge in [0.05, 0.1) is 10.6 Å². The monoisotopic (exact) mass is 433 g/mol. The molecule has 150 valence electrons. The number of hydrogen-bond acceptors (Lipinski definition) is 5. The van der Waals surface area contributed by atoms with Crippen molar-refractivity contribution in [3.63, 3.8) is 0 Å². The Bertz CT molecular complexity index is 1500. The molecule has 3 aromatic heterocycles. The molecule has 7 heteroatoms. The van der Waals surface area contributed by atoms with Gasteiger partial charge in [-0.3, -0.25) is 0 Å². The number of rotatable bonds is 4. The first kappa shape index (κ1) is 18.8. The molecule has 2 aromatic carbocycles. The van der Waals surface area contributed by atoms with Crippen molar-refractivity contribution in [2.45, 2.75) is 11.8 Å². The van der Waals surface area contributed by atoms with E-state index in [2.05, 4.69) is 46.5 Å². The molecule has 2 N–H and O–H groups in total. The molecule has 5 nitrogen and oxygen atoms in total. The maximum Gasteiger partial charge on any atom is 0.175 e. The van der Waals surface area contributed by atoms with Crippen LogP contribution < -0.4 is 5.32 Å². The Morgan fingerprint density at radius 2 is 1.77 bits per heavy atom. The number of fused-ring (bicyclic) bond motifs is 2. The van der Waals surface area contributed by atoms with Crippen LogP contribution in [0, 0.1) is 6.92 Å². The average molecular weight is 434 g/mol. The lowest BCUT2D eigenvalue weighted by atomic mass is 10.1. The number of H-pyrrole nitrogens is 1. The van der Waals surface area contributed by atoms with Gasteiger partial charge in [0.1, 0.15) is 4.83 Å².